The zero-order chi connectivity index (χ0) is 40.3. The lowest BCUT2D eigenvalue weighted by molar-refractivity contribution is 0.669. The summed E-state index contributed by atoms with van der Waals surface area (Å²) in [6, 6.07) is 80.0. The molecule has 0 bridgehead atoms. The number of anilines is 3. The van der Waals surface area contributed by atoms with Crippen LogP contribution < -0.4 is 4.90 Å². The molecule has 2 heterocycles. The largest absolute Gasteiger partial charge is 0.456 e. The van der Waals surface area contributed by atoms with E-state index >= 15 is 0 Å². The maximum Gasteiger partial charge on any atom is 0.143 e. The van der Waals surface area contributed by atoms with E-state index in [0.29, 0.717) is 0 Å². The van der Waals surface area contributed by atoms with Crippen molar-refractivity contribution in [1.82, 2.24) is 0 Å². The molecule has 0 saturated heterocycles. The van der Waals surface area contributed by atoms with E-state index in [9.17, 15) is 0 Å². The number of nitrogens with zero attached hydrogens (tertiary/aromatic N) is 1. The number of hydrogen-bond donors (Lipinski definition) is 0. The first kappa shape index (κ1) is 34.9. The SMILES string of the molecule is c1cc(-c2cccc3c2oc2ccccc23)cc(N(c2ccc(-c3ccc(-c4ccc5ccccc5c4)cc3)cc2)c2cccc(-c3cccc4oc5ccccc5c34)c2)c1. The van der Waals surface area contributed by atoms with Gasteiger partial charge in [-0.15, -0.1) is 0 Å². The summed E-state index contributed by atoms with van der Waals surface area (Å²) in [6.45, 7) is 0. The maximum absolute atomic E-state index is 6.51. The highest BCUT2D eigenvalue weighted by atomic mass is 16.3. The third kappa shape index (κ3) is 6.06. The molecule has 3 heteroatoms. The average Bonchev–Trinajstić information content (AvgIpc) is 3.91. The minimum Gasteiger partial charge on any atom is -0.456 e. The Labute approximate surface area is 353 Å². The molecule has 10 aromatic carbocycles. The van der Waals surface area contributed by atoms with E-state index in [2.05, 4.69) is 205 Å². The quantitative estimate of drug-likeness (QED) is 0.161. The highest BCUT2D eigenvalue weighted by Crippen LogP contribution is 2.43. The zero-order valence-corrected chi connectivity index (χ0v) is 33.1. The Bertz CT molecular complexity index is 3590. The summed E-state index contributed by atoms with van der Waals surface area (Å²) < 4.78 is 12.8. The van der Waals surface area contributed by atoms with Gasteiger partial charge in [0.15, 0.2) is 0 Å². The summed E-state index contributed by atoms with van der Waals surface area (Å²) in [6.07, 6.45) is 0. The minimum atomic E-state index is 0.884. The van der Waals surface area contributed by atoms with Crippen LogP contribution in [-0.2, 0) is 0 Å². The average molecular weight is 780 g/mol. The van der Waals surface area contributed by atoms with Crippen molar-refractivity contribution in [3.8, 4) is 44.5 Å². The third-order valence-electron chi connectivity index (χ3n) is 12.1. The predicted octanol–water partition coefficient (Wildman–Crippen LogP) is 16.8. The van der Waals surface area contributed by atoms with Crippen LogP contribution in [0.4, 0.5) is 17.1 Å². The van der Waals surface area contributed by atoms with Crippen LogP contribution in [0.3, 0.4) is 0 Å². The summed E-state index contributed by atoms with van der Waals surface area (Å²) in [7, 11) is 0. The minimum absolute atomic E-state index is 0.884. The predicted molar refractivity (Wildman–Crippen MR) is 255 cm³/mol. The van der Waals surface area contributed by atoms with Gasteiger partial charge in [0.1, 0.15) is 22.3 Å². The molecule has 0 unspecified atom stereocenters. The number of benzene rings is 10. The van der Waals surface area contributed by atoms with E-state index in [1.165, 1.54) is 27.5 Å². The smallest absolute Gasteiger partial charge is 0.143 e. The van der Waals surface area contributed by atoms with Gasteiger partial charge in [0, 0.05) is 44.2 Å². The lowest BCUT2D eigenvalue weighted by Crippen LogP contribution is -2.10. The Kier molecular flexibility index (Phi) is 8.17. The summed E-state index contributed by atoms with van der Waals surface area (Å²) in [5.41, 5.74) is 15.9. The van der Waals surface area contributed by atoms with Gasteiger partial charge in [-0.2, -0.15) is 0 Å². The second-order valence-corrected chi connectivity index (χ2v) is 15.7. The van der Waals surface area contributed by atoms with Crippen LogP contribution in [0.5, 0.6) is 0 Å². The molecule has 0 aliphatic heterocycles. The molecule has 0 radical (unpaired) electrons. The summed E-state index contributed by atoms with van der Waals surface area (Å²) >= 11 is 0. The van der Waals surface area contributed by atoms with Crippen molar-refractivity contribution in [3.63, 3.8) is 0 Å². The van der Waals surface area contributed by atoms with Gasteiger partial charge >= 0.3 is 0 Å². The molecule has 61 heavy (non-hydrogen) atoms. The van der Waals surface area contributed by atoms with E-state index in [1.807, 2.05) is 24.3 Å². The molecule has 0 N–H and O–H groups in total. The Hall–Kier alpha value is -8.14. The van der Waals surface area contributed by atoms with Gasteiger partial charge < -0.3 is 13.7 Å². The van der Waals surface area contributed by atoms with Gasteiger partial charge in [-0.1, -0.05) is 164 Å². The van der Waals surface area contributed by atoms with E-state index in [-0.39, 0.29) is 0 Å². The number of para-hydroxylation sites is 3. The first-order valence-corrected chi connectivity index (χ1v) is 20.7. The van der Waals surface area contributed by atoms with Crippen LogP contribution in [0, 0.1) is 0 Å². The fourth-order valence-electron chi connectivity index (χ4n) is 9.09. The van der Waals surface area contributed by atoms with Crippen molar-refractivity contribution in [2.45, 2.75) is 0 Å². The molecule has 0 aliphatic rings. The Morgan fingerprint density at radius 3 is 1.56 bits per heavy atom. The van der Waals surface area contributed by atoms with Crippen LogP contribution in [0.25, 0.3) is 99.2 Å². The Morgan fingerprint density at radius 2 is 0.803 bits per heavy atom. The molecule has 0 saturated carbocycles. The molecule has 2 aromatic heterocycles. The second kappa shape index (κ2) is 14.3. The molecule has 12 rings (SSSR count). The molecule has 12 aromatic rings. The highest BCUT2D eigenvalue weighted by molar-refractivity contribution is 6.13. The standard InChI is InChI=1S/C58H37NO2/c1-2-12-42-35-43(30-29-38(42)11-1)41-27-25-39(26-28-41)40-31-33-46(34-32-40)59(47-15-7-13-44(36-47)49-19-10-24-56-57(49)53-18-4-6-23-55(53)60-56)48-16-8-14-45(37-48)50-20-9-21-52-51-17-3-5-22-54(51)61-58(50)52/h1-37H. The van der Waals surface area contributed by atoms with E-state index in [1.54, 1.807) is 0 Å². The summed E-state index contributed by atoms with van der Waals surface area (Å²) in [5, 5.41) is 6.98. The van der Waals surface area contributed by atoms with E-state index in [0.717, 1.165) is 88.8 Å². The van der Waals surface area contributed by atoms with Crippen molar-refractivity contribution in [3.05, 3.63) is 224 Å². The van der Waals surface area contributed by atoms with Gasteiger partial charge in [0.2, 0.25) is 0 Å². The van der Waals surface area contributed by atoms with Crippen LogP contribution >= 0.6 is 0 Å². The topological polar surface area (TPSA) is 29.5 Å². The van der Waals surface area contributed by atoms with Gasteiger partial charge in [-0.3, -0.25) is 0 Å². The van der Waals surface area contributed by atoms with Crippen LogP contribution in [0.2, 0.25) is 0 Å². The first-order chi connectivity index (χ1) is 30.2. The molecular formula is C58H37NO2. The monoisotopic (exact) mass is 779 g/mol. The van der Waals surface area contributed by atoms with Gasteiger partial charge in [-0.25, -0.2) is 0 Å². The molecule has 0 spiro atoms. The second-order valence-electron chi connectivity index (χ2n) is 15.7. The highest BCUT2D eigenvalue weighted by Gasteiger charge is 2.19. The van der Waals surface area contributed by atoms with E-state index in [4.69, 9.17) is 8.83 Å². The Balaban J connectivity index is 0.961. The number of rotatable bonds is 7. The fourth-order valence-corrected chi connectivity index (χ4v) is 9.09. The molecule has 0 fully saturated rings. The lowest BCUT2D eigenvalue weighted by atomic mass is 9.97. The van der Waals surface area contributed by atoms with Crippen LogP contribution in [0.15, 0.2) is 233 Å². The van der Waals surface area contributed by atoms with Crippen molar-refractivity contribution in [1.29, 1.82) is 0 Å². The fraction of sp³-hybridized carbons (Fsp3) is 0. The number of hydrogen-bond acceptors (Lipinski definition) is 3. The van der Waals surface area contributed by atoms with Crippen molar-refractivity contribution >= 4 is 71.7 Å². The molecule has 286 valence electrons. The van der Waals surface area contributed by atoms with E-state index < -0.39 is 0 Å². The molecule has 0 amide bonds. The molecular weight excluding hydrogens is 743 g/mol. The van der Waals surface area contributed by atoms with Crippen LogP contribution in [-0.4, -0.2) is 0 Å². The molecule has 3 nitrogen and oxygen atoms in total. The zero-order valence-electron chi connectivity index (χ0n) is 33.1. The van der Waals surface area contributed by atoms with Crippen molar-refractivity contribution < 1.29 is 8.83 Å². The van der Waals surface area contributed by atoms with Crippen molar-refractivity contribution in [2.75, 3.05) is 4.90 Å². The summed E-state index contributed by atoms with van der Waals surface area (Å²) in [4.78, 5) is 2.35. The van der Waals surface area contributed by atoms with Gasteiger partial charge in [-0.05, 0) is 110 Å². The van der Waals surface area contributed by atoms with Gasteiger partial charge in [0.25, 0.3) is 0 Å². The first-order valence-electron chi connectivity index (χ1n) is 20.7. The number of furan rings is 2. The maximum atomic E-state index is 6.51. The van der Waals surface area contributed by atoms with Crippen LogP contribution in [0.1, 0.15) is 0 Å². The molecule has 0 atom stereocenters. The third-order valence-corrected chi connectivity index (χ3v) is 12.1. The lowest BCUT2D eigenvalue weighted by Gasteiger charge is -2.27. The van der Waals surface area contributed by atoms with Gasteiger partial charge in [0.05, 0.1) is 0 Å². The Morgan fingerprint density at radius 1 is 0.279 bits per heavy atom. The summed E-state index contributed by atoms with van der Waals surface area (Å²) in [5.74, 6) is 0. The normalized spacial score (nSPS) is 11.6. The molecule has 0 aliphatic carbocycles. The van der Waals surface area contributed by atoms with Crippen molar-refractivity contribution in [2.24, 2.45) is 0 Å². The number of fused-ring (bicyclic) bond motifs is 7.